The van der Waals surface area contributed by atoms with Crippen LogP contribution >= 0.6 is 23.7 Å². The van der Waals surface area contributed by atoms with Crippen molar-refractivity contribution in [1.82, 2.24) is 10.6 Å². The molecule has 0 bridgehead atoms. The van der Waals surface area contributed by atoms with Gasteiger partial charge in [0.2, 0.25) is 5.91 Å². The number of nitrogens with one attached hydrogen (secondary N) is 2. The standard InChI is InChI=1S/C20H27N3O2S.ClH/c1-3-20(21,4-2)14-22-18(24)16(13-15-9-6-5-7-10-15)23-19(25)17-11-8-12-26-17;/h5-12,16H,3-4,13-14,21H2,1-2H3,(H,22,24)(H,23,25);1H. The zero-order chi connectivity index (χ0) is 19.0. The molecule has 148 valence electrons. The number of rotatable bonds is 9. The van der Waals surface area contributed by atoms with Gasteiger partial charge in [-0.2, -0.15) is 0 Å². The fraction of sp³-hybridized carbons (Fsp3) is 0.400. The van der Waals surface area contributed by atoms with Gasteiger partial charge in [0.05, 0.1) is 4.88 Å². The average molecular weight is 410 g/mol. The number of carbonyl (C=O) groups is 2. The number of benzene rings is 1. The molecule has 1 heterocycles. The predicted octanol–water partition coefficient (Wildman–Crippen LogP) is 3.14. The largest absolute Gasteiger partial charge is 0.352 e. The van der Waals surface area contributed by atoms with E-state index >= 15 is 0 Å². The molecule has 4 N–H and O–H groups in total. The van der Waals surface area contributed by atoms with Gasteiger partial charge in [0, 0.05) is 18.5 Å². The predicted molar refractivity (Wildman–Crippen MR) is 113 cm³/mol. The smallest absolute Gasteiger partial charge is 0.262 e. The summed E-state index contributed by atoms with van der Waals surface area (Å²) in [6, 6.07) is 12.6. The zero-order valence-corrected chi connectivity index (χ0v) is 17.4. The Morgan fingerprint density at radius 2 is 1.78 bits per heavy atom. The second kappa shape index (κ2) is 11.1. The first-order valence-corrected chi connectivity index (χ1v) is 9.80. The van der Waals surface area contributed by atoms with Gasteiger partial charge in [-0.15, -0.1) is 23.7 Å². The fourth-order valence-electron chi connectivity index (χ4n) is 2.58. The van der Waals surface area contributed by atoms with Gasteiger partial charge >= 0.3 is 0 Å². The quantitative estimate of drug-likeness (QED) is 0.594. The van der Waals surface area contributed by atoms with E-state index in [2.05, 4.69) is 10.6 Å². The first-order chi connectivity index (χ1) is 12.5. The van der Waals surface area contributed by atoms with Gasteiger partial charge in [-0.3, -0.25) is 9.59 Å². The molecule has 0 aliphatic carbocycles. The van der Waals surface area contributed by atoms with Gasteiger partial charge < -0.3 is 16.4 Å². The van der Waals surface area contributed by atoms with Crippen molar-refractivity contribution in [1.29, 1.82) is 0 Å². The van der Waals surface area contributed by atoms with Crippen molar-refractivity contribution < 1.29 is 9.59 Å². The molecule has 0 saturated carbocycles. The monoisotopic (exact) mass is 409 g/mol. The summed E-state index contributed by atoms with van der Waals surface area (Å²) in [5.74, 6) is -0.448. The summed E-state index contributed by atoms with van der Waals surface area (Å²) in [6.45, 7) is 4.41. The molecule has 1 atom stereocenters. The van der Waals surface area contributed by atoms with Crippen molar-refractivity contribution >= 4 is 35.6 Å². The molecule has 1 aromatic carbocycles. The first-order valence-electron chi connectivity index (χ1n) is 8.92. The molecule has 1 unspecified atom stereocenters. The molecule has 2 aromatic rings. The molecule has 2 rings (SSSR count). The Bertz CT molecular complexity index is 703. The normalized spacial score (nSPS) is 12.0. The highest BCUT2D eigenvalue weighted by Crippen LogP contribution is 2.12. The van der Waals surface area contributed by atoms with E-state index in [9.17, 15) is 9.59 Å². The van der Waals surface area contributed by atoms with E-state index < -0.39 is 11.6 Å². The summed E-state index contributed by atoms with van der Waals surface area (Å²) in [6.07, 6.45) is 1.98. The summed E-state index contributed by atoms with van der Waals surface area (Å²) in [5, 5.41) is 7.62. The van der Waals surface area contributed by atoms with Crippen LogP contribution in [-0.4, -0.2) is 29.9 Å². The highest BCUT2D eigenvalue weighted by Gasteiger charge is 2.26. The minimum atomic E-state index is -0.648. The van der Waals surface area contributed by atoms with E-state index in [-0.39, 0.29) is 24.2 Å². The molecule has 0 fully saturated rings. The number of halogens is 1. The molecule has 0 aliphatic heterocycles. The third-order valence-electron chi connectivity index (χ3n) is 4.67. The maximum Gasteiger partial charge on any atom is 0.262 e. The summed E-state index contributed by atoms with van der Waals surface area (Å²) in [5.41, 5.74) is 6.84. The summed E-state index contributed by atoms with van der Waals surface area (Å²) >= 11 is 1.35. The van der Waals surface area contributed by atoms with Crippen LogP contribution in [0, 0.1) is 0 Å². The number of nitrogens with two attached hydrogens (primary N) is 1. The summed E-state index contributed by atoms with van der Waals surface area (Å²) in [4.78, 5) is 25.8. The number of carbonyl (C=O) groups excluding carboxylic acids is 2. The molecule has 5 nitrogen and oxygen atoms in total. The van der Waals surface area contributed by atoms with Crippen LogP contribution in [0.2, 0.25) is 0 Å². The Hall–Kier alpha value is -1.89. The second-order valence-electron chi connectivity index (χ2n) is 6.48. The van der Waals surface area contributed by atoms with Gasteiger partial charge in [0.15, 0.2) is 0 Å². The maximum atomic E-state index is 12.8. The minimum Gasteiger partial charge on any atom is -0.352 e. The van der Waals surface area contributed by atoms with Crippen LogP contribution in [0.3, 0.4) is 0 Å². The Labute approximate surface area is 171 Å². The van der Waals surface area contributed by atoms with E-state index in [1.807, 2.05) is 55.6 Å². The minimum absolute atomic E-state index is 0. The van der Waals surface area contributed by atoms with E-state index in [0.29, 0.717) is 17.8 Å². The third-order valence-corrected chi connectivity index (χ3v) is 5.54. The molecule has 0 aliphatic rings. The van der Waals surface area contributed by atoms with Crippen molar-refractivity contribution in [3.63, 3.8) is 0 Å². The Morgan fingerprint density at radius 3 is 2.33 bits per heavy atom. The van der Waals surface area contributed by atoms with E-state index in [1.54, 1.807) is 6.07 Å². The Kier molecular flexibility index (Phi) is 9.49. The van der Waals surface area contributed by atoms with Crippen LogP contribution < -0.4 is 16.4 Å². The summed E-state index contributed by atoms with van der Waals surface area (Å²) in [7, 11) is 0. The van der Waals surface area contributed by atoms with Crippen molar-refractivity contribution in [3.05, 3.63) is 58.3 Å². The average Bonchev–Trinajstić information content (AvgIpc) is 3.21. The lowest BCUT2D eigenvalue weighted by molar-refractivity contribution is -0.123. The summed E-state index contributed by atoms with van der Waals surface area (Å²) < 4.78 is 0. The SMILES string of the molecule is CCC(N)(CC)CNC(=O)C(Cc1ccccc1)NC(=O)c1cccs1.Cl. The highest BCUT2D eigenvalue weighted by molar-refractivity contribution is 7.12. The molecule has 27 heavy (non-hydrogen) atoms. The first kappa shape index (κ1) is 23.1. The number of amides is 2. The highest BCUT2D eigenvalue weighted by atomic mass is 35.5. The third kappa shape index (κ3) is 6.97. The molecule has 0 radical (unpaired) electrons. The number of thiophene rings is 1. The molecular formula is C20H28ClN3O2S. The topological polar surface area (TPSA) is 84.2 Å². The molecule has 1 aromatic heterocycles. The van der Waals surface area contributed by atoms with Crippen LogP contribution in [0.25, 0.3) is 0 Å². The van der Waals surface area contributed by atoms with Crippen LogP contribution in [0.15, 0.2) is 47.8 Å². The molecule has 0 saturated heterocycles. The van der Waals surface area contributed by atoms with Crippen LogP contribution in [-0.2, 0) is 11.2 Å². The van der Waals surface area contributed by atoms with Gasteiger partial charge in [-0.05, 0) is 29.9 Å². The van der Waals surface area contributed by atoms with Crippen molar-refractivity contribution in [3.8, 4) is 0 Å². The second-order valence-corrected chi connectivity index (χ2v) is 7.43. The van der Waals surface area contributed by atoms with Gasteiger partial charge in [-0.1, -0.05) is 50.2 Å². The van der Waals surface area contributed by atoms with E-state index in [0.717, 1.165) is 18.4 Å². The van der Waals surface area contributed by atoms with Crippen LogP contribution in [0.4, 0.5) is 0 Å². The molecule has 2 amide bonds. The van der Waals surface area contributed by atoms with Crippen molar-refractivity contribution in [2.24, 2.45) is 5.73 Å². The zero-order valence-electron chi connectivity index (χ0n) is 15.7. The van der Waals surface area contributed by atoms with E-state index in [1.165, 1.54) is 11.3 Å². The molecule has 7 heteroatoms. The lowest BCUT2D eigenvalue weighted by Crippen LogP contribution is -2.54. The molecular weight excluding hydrogens is 382 g/mol. The van der Waals surface area contributed by atoms with Crippen molar-refractivity contribution in [2.45, 2.75) is 44.7 Å². The Morgan fingerprint density at radius 1 is 1.11 bits per heavy atom. The lowest BCUT2D eigenvalue weighted by Gasteiger charge is -2.28. The van der Waals surface area contributed by atoms with E-state index in [4.69, 9.17) is 5.73 Å². The number of hydrogen-bond donors (Lipinski definition) is 3. The maximum absolute atomic E-state index is 12.8. The fourth-order valence-corrected chi connectivity index (χ4v) is 3.21. The van der Waals surface area contributed by atoms with Gasteiger partial charge in [0.1, 0.15) is 6.04 Å². The Balaban J connectivity index is 0.00000364. The van der Waals surface area contributed by atoms with Gasteiger partial charge in [-0.25, -0.2) is 0 Å². The van der Waals surface area contributed by atoms with Crippen molar-refractivity contribution in [2.75, 3.05) is 6.54 Å². The lowest BCUT2D eigenvalue weighted by atomic mass is 9.94. The van der Waals surface area contributed by atoms with Gasteiger partial charge in [0.25, 0.3) is 5.91 Å². The number of hydrogen-bond acceptors (Lipinski definition) is 4. The van der Waals surface area contributed by atoms with Crippen LogP contribution in [0.1, 0.15) is 41.9 Å². The van der Waals surface area contributed by atoms with Crippen LogP contribution in [0.5, 0.6) is 0 Å². The molecule has 0 spiro atoms.